The molecule has 0 atom stereocenters. The van der Waals surface area contributed by atoms with E-state index >= 15 is 0 Å². The molecular formula is C11H17N3. The number of aliphatic imine (C=N–C) groups is 1. The largest absolute Gasteiger partial charge is 0.336 e. The van der Waals surface area contributed by atoms with Crippen molar-refractivity contribution < 1.29 is 0 Å². The van der Waals surface area contributed by atoms with Crippen molar-refractivity contribution in [2.75, 3.05) is 20.1 Å². The van der Waals surface area contributed by atoms with Gasteiger partial charge in [0.05, 0.1) is 6.34 Å². The van der Waals surface area contributed by atoms with Crippen LogP contribution in [0.3, 0.4) is 0 Å². The van der Waals surface area contributed by atoms with E-state index in [1.807, 2.05) is 24.7 Å². The van der Waals surface area contributed by atoms with Crippen LogP contribution < -0.4 is 0 Å². The van der Waals surface area contributed by atoms with Crippen LogP contribution in [0.5, 0.6) is 0 Å². The smallest absolute Gasteiger partial charge is 0.0947 e. The highest BCUT2D eigenvalue weighted by Crippen LogP contribution is 2.15. The van der Waals surface area contributed by atoms with Gasteiger partial charge in [-0.05, 0) is 45.1 Å². The average molecular weight is 191 g/mol. The normalized spacial score (nSPS) is 24.2. The maximum Gasteiger partial charge on any atom is 0.0947 e. The van der Waals surface area contributed by atoms with Gasteiger partial charge in [0.25, 0.3) is 0 Å². The molecule has 0 spiro atoms. The van der Waals surface area contributed by atoms with Gasteiger partial charge < -0.3 is 9.80 Å². The summed E-state index contributed by atoms with van der Waals surface area (Å²) in [7, 11) is 2.18. The lowest BCUT2D eigenvalue weighted by Crippen LogP contribution is -2.40. The number of hydrogen-bond donors (Lipinski definition) is 0. The second-order valence-corrected chi connectivity index (χ2v) is 3.93. The van der Waals surface area contributed by atoms with Crippen LogP contribution in [0.25, 0.3) is 0 Å². The minimum atomic E-state index is 0.631. The molecule has 76 valence electrons. The van der Waals surface area contributed by atoms with Gasteiger partial charge in [0, 0.05) is 18.4 Å². The number of rotatable bonds is 1. The van der Waals surface area contributed by atoms with Gasteiger partial charge in [-0.25, -0.2) is 4.99 Å². The Kier molecular flexibility index (Phi) is 2.99. The van der Waals surface area contributed by atoms with Crippen molar-refractivity contribution in [2.45, 2.75) is 18.9 Å². The van der Waals surface area contributed by atoms with E-state index in [0.717, 1.165) is 0 Å². The van der Waals surface area contributed by atoms with Crippen molar-refractivity contribution in [1.82, 2.24) is 9.80 Å². The molecule has 2 aliphatic heterocycles. The van der Waals surface area contributed by atoms with E-state index in [9.17, 15) is 0 Å². The summed E-state index contributed by atoms with van der Waals surface area (Å²) >= 11 is 0. The van der Waals surface area contributed by atoms with Crippen LogP contribution in [0, 0.1) is 0 Å². The van der Waals surface area contributed by atoms with Crippen LogP contribution in [-0.2, 0) is 0 Å². The molecule has 0 saturated carbocycles. The number of piperidine rings is 1. The molecule has 1 fully saturated rings. The van der Waals surface area contributed by atoms with E-state index < -0.39 is 0 Å². The predicted molar refractivity (Wildman–Crippen MR) is 59.1 cm³/mol. The molecule has 2 heterocycles. The van der Waals surface area contributed by atoms with Gasteiger partial charge in [-0.2, -0.15) is 0 Å². The number of allylic oxidation sites excluding steroid dienone is 2. The molecule has 0 unspecified atom stereocenters. The molecule has 0 radical (unpaired) electrons. The highest BCUT2D eigenvalue weighted by Gasteiger charge is 2.19. The average Bonchev–Trinajstić information content (AvgIpc) is 2.47. The van der Waals surface area contributed by atoms with Crippen molar-refractivity contribution in [2.24, 2.45) is 4.99 Å². The van der Waals surface area contributed by atoms with Crippen LogP contribution in [-0.4, -0.2) is 42.3 Å². The first-order chi connectivity index (χ1) is 6.86. The third kappa shape index (κ3) is 2.23. The minimum absolute atomic E-state index is 0.631. The fourth-order valence-electron chi connectivity index (χ4n) is 1.91. The van der Waals surface area contributed by atoms with Gasteiger partial charge in [0.1, 0.15) is 0 Å². The second-order valence-electron chi connectivity index (χ2n) is 3.93. The van der Waals surface area contributed by atoms with Gasteiger partial charge in [-0.15, -0.1) is 0 Å². The molecule has 0 N–H and O–H groups in total. The van der Waals surface area contributed by atoms with Crippen molar-refractivity contribution in [1.29, 1.82) is 0 Å². The summed E-state index contributed by atoms with van der Waals surface area (Å²) in [4.78, 5) is 8.80. The van der Waals surface area contributed by atoms with Gasteiger partial charge in [0.2, 0.25) is 0 Å². The number of nitrogens with zero attached hydrogens (tertiary/aromatic N) is 3. The molecule has 2 aliphatic rings. The monoisotopic (exact) mass is 191 g/mol. The third-order valence-electron chi connectivity index (χ3n) is 2.85. The second kappa shape index (κ2) is 4.42. The zero-order valence-corrected chi connectivity index (χ0v) is 8.63. The Morgan fingerprint density at radius 3 is 2.79 bits per heavy atom. The topological polar surface area (TPSA) is 18.8 Å². The lowest BCUT2D eigenvalue weighted by molar-refractivity contribution is 0.205. The van der Waals surface area contributed by atoms with Crippen LogP contribution in [0.2, 0.25) is 0 Å². The summed E-state index contributed by atoms with van der Waals surface area (Å²) in [6.45, 7) is 2.38. The molecule has 0 bridgehead atoms. The maximum absolute atomic E-state index is 4.19. The predicted octanol–water partition coefficient (Wildman–Crippen LogP) is 1.45. The molecule has 2 rings (SSSR count). The van der Waals surface area contributed by atoms with Crippen molar-refractivity contribution in [3.63, 3.8) is 0 Å². The highest BCUT2D eigenvalue weighted by molar-refractivity contribution is 5.59. The first-order valence-corrected chi connectivity index (χ1v) is 5.19. The summed E-state index contributed by atoms with van der Waals surface area (Å²) in [6, 6.07) is 0.631. The summed E-state index contributed by atoms with van der Waals surface area (Å²) in [6.07, 6.45) is 12.3. The summed E-state index contributed by atoms with van der Waals surface area (Å²) < 4.78 is 0. The zero-order valence-electron chi connectivity index (χ0n) is 8.63. The molecule has 3 nitrogen and oxygen atoms in total. The van der Waals surface area contributed by atoms with Crippen LogP contribution in [0.1, 0.15) is 12.8 Å². The molecule has 14 heavy (non-hydrogen) atoms. The van der Waals surface area contributed by atoms with Crippen molar-refractivity contribution >= 4 is 6.34 Å². The maximum atomic E-state index is 4.19. The van der Waals surface area contributed by atoms with Gasteiger partial charge in [-0.3, -0.25) is 0 Å². The van der Waals surface area contributed by atoms with Crippen LogP contribution in [0.15, 0.2) is 29.5 Å². The van der Waals surface area contributed by atoms with Gasteiger partial charge in [-0.1, -0.05) is 0 Å². The van der Waals surface area contributed by atoms with Crippen molar-refractivity contribution in [3.05, 3.63) is 24.6 Å². The minimum Gasteiger partial charge on any atom is -0.336 e. The molecule has 0 aromatic carbocycles. The van der Waals surface area contributed by atoms with E-state index in [1.54, 1.807) is 0 Å². The number of hydrogen-bond acceptors (Lipinski definition) is 3. The molecule has 0 amide bonds. The first kappa shape index (κ1) is 9.46. The van der Waals surface area contributed by atoms with E-state index in [1.165, 1.54) is 25.9 Å². The van der Waals surface area contributed by atoms with Crippen LogP contribution in [0.4, 0.5) is 0 Å². The summed E-state index contributed by atoms with van der Waals surface area (Å²) in [5.74, 6) is 0. The Bertz CT molecular complexity index is 244. The van der Waals surface area contributed by atoms with E-state index in [4.69, 9.17) is 0 Å². The van der Waals surface area contributed by atoms with Gasteiger partial charge >= 0.3 is 0 Å². The van der Waals surface area contributed by atoms with Crippen molar-refractivity contribution in [3.8, 4) is 0 Å². The van der Waals surface area contributed by atoms with E-state index in [-0.39, 0.29) is 0 Å². The fourth-order valence-corrected chi connectivity index (χ4v) is 1.91. The first-order valence-electron chi connectivity index (χ1n) is 5.19. The molecule has 3 heteroatoms. The standard InChI is InChI=1S/C11H17N3/c1-13-8-4-11(5-9-13)14-7-3-2-6-12-10-14/h2-3,6-7,10-11H,4-5,8-9H2,1H3. The highest BCUT2D eigenvalue weighted by atomic mass is 15.2. The van der Waals surface area contributed by atoms with E-state index in [2.05, 4.69) is 28.0 Å². The van der Waals surface area contributed by atoms with E-state index in [0.29, 0.717) is 6.04 Å². The lowest BCUT2D eigenvalue weighted by Gasteiger charge is -2.34. The Morgan fingerprint density at radius 1 is 1.21 bits per heavy atom. The Labute approximate surface area is 85.4 Å². The van der Waals surface area contributed by atoms with Crippen LogP contribution >= 0.6 is 0 Å². The third-order valence-corrected chi connectivity index (χ3v) is 2.85. The Morgan fingerprint density at radius 2 is 2.00 bits per heavy atom. The molecule has 0 aromatic rings. The van der Waals surface area contributed by atoms with Gasteiger partial charge in [0.15, 0.2) is 0 Å². The lowest BCUT2D eigenvalue weighted by atomic mass is 10.0. The zero-order chi connectivity index (χ0) is 9.80. The molecule has 1 saturated heterocycles. The molecular weight excluding hydrogens is 174 g/mol. The fraction of sp³-hybridized carbons (Fsp3) is 0.545. The number of likely N-dealkylation sites (tertiary alicyclic amines) is 1. The SMILES string of the molecule is CN1CCC(N2C=CC=CN=C2)CC1. The quantitative estimate of drug-likeness (QED) is 0.624. The Hall–Kier alpha value is -1.09. The Balaban J connectivity index is 1.95. The summed E-state index contributed by atoms with van der Waals surface area (Å²) in [5.41, 5.74) is 0. The molecule has 0 aromatic heterocycles. The molecule has 0 aliphatic carbocycles. The summed E-state index contributed by atoms with van der Waals surface area (Å²) in [5, 5.41) is 0.